The second-order valence-electron chi connectivity index (χ2n) is 3.63. The number of nitrogens with two attached hydrogens (primary N) is 2. The Labute approximate surface area is 97.3 Å². The number of phenolic OH excluding ortho intramolecular Hbond substituents is 1. The maximum atomic E-state index is 10.8. The molecule has 0 unspecified atom stereocenters. The smallest absolute Gasteiger partial charge is 0.429 e. The number of aromatic hydroxyl groups is 1. The molecule has 5 N–H and O–H groups in total. The molecule has 17 heavy (non-hydrogen) atoms. The molecule has 1 aromatic carbocycles. The zero-order chi connectivity index (χ0) is 12.4. The lowest BCUT2D eigenvalue weighted by Crippen LogP contribution is -2.24. The highest BCUT2D eigenvalue weighted by Crippen LogP contribution is 2.25. The Morgan fingerprint density at radius 1 is 1.47 bits per heavy atom. The van der Waals surface area contributed by atoms with Gasteiger partial charge in [-0.2, -0.15) is 4.73 Å². The van der Waals surface area contributed by atoms with Crippen LogP contribution in [0.2, 0.25) is 0 Å². The Balaban J connectivity index is 2.57. The average Bonchev–Trinajstić information content (AvgIpc) is 2.56. The fraction of sp³-hybridized carbons (Fsp3) is 0.182. The van der Waals surface area contributed by atoms with Crippen molar-refractivity contribution in [1.29, 1.82) is 0 Å². The number of carbonyl (C=O) groups excluding carboxylic acids is 1. The van der Waals surface area contributed by atoms with E-state index in [1.165, 1.54) is 10.8 Å². The van der Waals surface area contributed by atoms with E-state index in [2.05, 4.69) is 0 Å². The first-order valence-corrected chi connectivity index (χ1v) is 5.12. The van der Waals surface area contributed by atoms with E-state index in [0.29, 0.717) is 18.5 Å². The van der Waals surface area contributed by atoms with Crippen LogP contribution in [-0.4, -0.2) is 22.5 Å². The Bertz CT molecular complexity index is 562. The lowest BCUT2D eigenvalue weighted by molar-refractivity contribution is 0.148. The fourth-order valence-electron chi connectivity index (χ4n) is 1.78. The van der Waals surface area contributed by atoms with E-state index >= 15 is 0 Å². The minimum Gasteiger partial charge on any atom is -0.508 e. The minimum atomic E-state index is -0.894. The third-order valence-electron chi connectivity index (χ3n) is 2.44. The maximum Gasteiger partial charge on any atom is 0.429 e. The molecule has 0 atom stereocenters. The number of amides is 1. The molecule has 0 bridgehead atoms. The van der Waals surface area contributed by atoms with E-state index in [9.17, 15) is 9.90 Å². The topological polar surface area (TPSA) is 104 Å². The predicted molar refractivity (Wildman–Crippen MR) is 62.5 cm³/mol. The Morgan fingerprint density at radius 3 is 2.88 bits per heavy atom. The van der Waals surface area contributed by atoms with Gasteiger partial charge in [0.2, 0.25) is 0 Å². The van der Waals surface area contributed by atoms with Crippen molar-refractivity contribution in [2.75, 3.05) is 6.54 Å². The Hall–Kier alpha value is -2.21. The van der Waals surface area contributed by atoms with Gasteiger partial charge in [0.05, 0.1) is 5.52 Å². The first kappa shape index (κ1) is 11.3. The number of phenols is 1. The SMILES string of the molecule is NCCc1cn(OC(N)=O)c2ccc(O)cc12. The molecule has 0 aliphatic heterocycles. The number of hydrogen-bond acceptors (Lipinski definition) is 4. The molecule has 0 saturated heterocycles. The first-order chi connectivity index (χ1) is 8.11. The van der Waals surface area contributed by atoms with E-state index in [1.54, 1.807) is 18.3 Å². The van der Waals surface area contributed by atoms with E-state index in [1.807, 2.05) is 0 Å². The van der Waals surface area contributed by atoms with Crippen molar-refractivity contribution < 1.29 is 14.7 Å². The molecule has 0 saturated carbocycles. The summed E-state index contributed by atoms with van der Waals surface area (Å²) in [7, 11) is 0. The van der Waals surface area contributed by atoms with Gasteiger partial charge in [-0.3, -0.25) is 0 Å². The number of hydrogen-bond donors (Lipinski definition) is 3. The number of aromatic nitrogens is 1. The number of benzene rings is 1. The van der Waals surface area contributed by atoms with Crippen LogP contribution in [0.3, 0.4) is 0 Å². The number of fused-ring (bicyclic) bond motifs is 1. The van der Waals surface area contributed by atoms with Crippen molar-refractivity contribution in [3.8, 4) is 5.75 Å². The highest BCUT2D eigenvalue weighted by molar-refractivity contribution is 5.85. The number of primary amides is 1. The molecule has 6 heteroatoms. The summed E-state index contributed by atoms with van der Waals surface area (Å²) < 4.78 is 1.28. The summed E-state index contributed by atoms with van der Waals surface area (Å²) >= 11 is 0. The summed E-state index contributed by atoms with van der Waals surface area (Å²) in [5.41, 5.74) is 12.0. The van der Waals surface area contributed by atoms with Crippen molar-refractivity contribution in [2.45, 2.75) is 6.42 Å². The van der Waals surface area contributed by atoms with Crippen molar-refractivity contribution in [3.63, 3.8) is 0 Å². The summed E-state index contributed by atoms with van der Waals surface area (Å²) in [5, 5.41) is 10.2. The van der Waals surface area contributed by atoms with Crippen LogP contribution >= 0.6 is 0 Å². The molecule has 1 amide bonds. The zero-order valence-electron chi connectivity index (χ0n) is 9.09. The third-order valence-corrected chi connectivity index (χ3v) is 2.44. The number of rotatable bonds is 3. The van der Waals surface area contributed by atoms with Gasteiger partial charge in [0.25, 0.3) is 0 Å². The van der Waals surface area contributed by atoms with Crippen LogP contribution in [0.5, 0.6) is 5.75 Å². The molecule has 0 spiro atoms. The molecule has 1 heterocycles. The zero-order valence-corrected chi connectivity index (χ0v) is 9.09. The standard InChI is InChI=1S/C11H13N3O3/c12-4-3-7-6-14(17-11(13)16)10-2-1-8(15)5-9(7)10/h1-2,5-6,15H,3-4,12H2,(H2,13,16). The summed E-state index contributed by atoms with van der Waals surface area (Å²) in [6.45, 7) is 0.464. The van der Waals surface area contributed by atoms with Gasteiger partial charge in [0.15, 0.2) is 0 Å². The van der Waals surface area contributed by atoms with Crippen LogP contribution < -0.4 is 16.3 Å². The quantitative estimate of drug-likeness (QED) is 0.714. The molecular weight excluding hydrogens is 222 g/mol. The van der Waals surface area contributed by atoms with Crippen molar-refractivity contribution >= 4 is 17.0 Å². The summed E-state index contributed by atoms with van der Waals surface area (Å²) in [6.07, 6.45) is 1.37. The molecule has 6 nitrogen and oxygen atoms in total. The summed E-state index contributed by atoms with van der Waals surface area (Å²) in [4.78, 5) is 15.6. The van der Waals surface area contributed by atoms with E-state index in [-0.39, 0.29) is 5.75 Å². The van der Waals surface area contributed by atoms with Crippen LogP contribution in [0.1, 0.15) is 5.56 Å². The molecule has 0 fully saturated rings. The third kappa shape index (κ3) is 2.16. The lowest BCUT2D eigenvalue weighted by Gasteiger charge is -2.02. The molecule has 0 radical (unpaired) electrons. The maximum absolute atomic E-state index is 10.8. The van der Waals surface area contributed by atoms with Crippen LogP contribution in [0.4, 0.5) is 4.79 Å². The van der Waals surface area contributed by atoms with E-state index in [0.717, 1.165) is 10.9 Å². The van der Waals surface area contributed by atoms with Crippen LogP contribution in [0.25, 0.3) is 10.9 Å². The molecule has 0 aliphatic rings. The molecule has 1 aromatic heterocycles. The number of nitrogens with zero attached hydrogens (tertiary/aromatic N) is 1. The minimum absolute atomic E-state index is 0.146. The second-order valence-corrected chi connectivity index (χ2v) is 3.63. The summed E-state index contributed by atoms with van der Waals surface area (Å²) in [6, 6.07) is 4.75. The average molecular weight is 235 g/mol. The first-order valence-electron chi connectivity index (χ1n) is 5.12. The molecule has 90 valence electrons. The highest BCUT2D eigenvalue weighted by atomic mass is 16.7. The van der Waals surface area contributed by atoms with Gasteiger partial charge in [-0.25, -0.2) is 4.79 Å². The molecule has 0 aliphatic carbocycles. The number of carbonyl (C=O) groups is 1. The molecular formula is C11H13N3O3. The predicted octanol–water partition coefficient (Wildman–Crippen LogP) is 0.355. The van der Waals surface area contributed by atoms with Crippen molar-refractivity contribution in [2.24, 2.45) is 11.5 Å². The Morgan fingerprint density at radius 2 is 2.24 bits per heavy atom. The van der Waals surface area contributed by atoms with Gasteiger partial charge in [-0.1, -0.05) is 0 Å². The van der Waals surface area contributed by atoms with Gasteiger partial charge in [0.1, 0.15) is 5.75 Å². The van der Waals surface area contributed by atoms with Gasteiger partial charge in [-0.15, -0.1) is 0 Å². The van der Waals surface area contributed by atoms with Crippen LogP contribution in [0, 0.1) is 0 Å². The molecule has 2 rings (SSSR count). The van der Waals surface area contributed by atoms with Gasteiger partial charge >= 0.3 is 6.09 Å². The van der Waals surface area contributed by atoms with Crippen molar-refractivity contribution in [3.05, 3.63) is 30.0 Å². The van der Waals surface area contributed by atoms with Gasteiger partial charge in [-0.05, 0) is 36.7 Å². The van der Waals surface area contributed by atoms with Gasteiger partial charge < -0.3 is 21.4 Å². The van der Waals surface area contributed by atoms with E-state index < -0.39 is 6.09 Å². The van der Waals surface area contributed by atoms with E-state index in [4.69, 9.17) is 16.3 Å². The van der Waals surface area contributed by atoms with Gasteiger partial charge in [0, 0.05) is 11.6 Å². The Kier molecular flexibility index (Phi) is 2.88. The lowest BCUT2D eigenvalue weighted by atomic mass is 10.1. The second kappa shape index (κ2) is 4.34. The normalized spacial score (nSPS) is 10.6. The molecule has 2 aromatic rings. The summed E-state index contributed by atoms with van der Waals surface area (Å²) in [5.74, 6) is 0.146. The highest BCUT2D eigenvalue weighted by Gasteiger charge is 2.11. The van der Waals surface area contributed by atoms with Crippen LogP contribution in [-0.2, 0) is 6.42 Å². The monoisotopic (exact) mass is 235 g/mol. The fourth-order valence-corrected chi connectivity index (χ4v) is 1.78. The van der Waals surface area contributed by atoms with Crippen molar-refractivity contribution in [1.82, 2.24) is 4.73 Å². The van der Waals surface area contributed by atoms with Crippen LogP contribution in [0.15, 0.2) is 24.4 Å². The largest absolute Gasteiger partial charge is 0.508 e.